The largest absolute Gasteiger partial charge is 0.347 e. The number of ether oxygens (including phenoxy) is 2. The summed E-state index contributed by atoms with van der Waals surface area (Å²) in [5, 5.41) is 3.40. The summed E-state index contributed by atoms with van der Waals surface area (Å²) in [5.74, 6) is 1.12. The van der Waals surface area contributed by atoms with Gasteiger partial charge in [0, 0.05) is 17.9 Å². The first-order valence-electron chi connectivity index (χ1n) is 5.80. The summed E-state index contributed by atoms with van der Waals surface area (Å²) in [6.45, 7) is 1.61. The minimum atomic E-state index is -0.159. The lowest BCUT2D eigenvalue weighted by atomic mass is 9.80. The van der Waals surface area contributed by atoms with Crippen molar-refractivity contribution in [1.29, 1.82) is 0 Å². The quantitative estimate of drug-likeness (QED) is 0.683. The Morgan fingerprint density at radius 2 is 1.64 bits per heavy atom. The van der Waals surface area contributed by atoms with Crippen LogP contribution in [0.15, 0.2) is 0 Å². The number of hydrogen-bond donors (Lipinski definition) is 1. The number of nitrogens with one attached hydrogen (secondary N) is 1. The van der Waals surface area contributed by atoms with E-state index < -0.39 is 0 Å². The highest BCUT2D eigenvalue weighted by molar-refractivity contribution is 5.02. The summed E-state index contributed by atoms with van der Waals surface area (Å²) in [6.07, 6.45) is 5.05. The van der Waals surface area contributed by atoms with Gasteiger partial charge in [0.2, 0.25) is 0 Å². The van der Waals surface area contributed by atoms with E-state index in [2.05, 4.69) is 12.4 Å². The topological polar surface area (TPSA) is 30.5 Å². The second-order valence-electron chi connectivity index (χ2n) is 4.85. The molecule has 14 heavy (non-hydrogen) atoms. The predicted octanol–water partition coefficient (Wildman–Crippen LogP) is 1.14. The summed E-state index contributed by atoms with van der Waals surface area (Å²) in [7, 11) is 2.07. The summed E-state index contributed by atoms with van der Waals surface area (Å²) in [4.78, 5) is 0. The minimum absolute atomic E-state index is 0.159. The molecule has 3 nitrogen and oxygen atoms in total. The Bertz CT molecular complexity index is 209. The van der Waals surface area contributed by atoms with Crippen LogP contribution in [-0.2, 0) is 9.47 Å². The fourth-order valence-corrected chi connectivity index (χ4v) is 3.64. The second kappa shape index (κ2) is 3.19. The molecule has 1 spiro atoms. The Labute approximate surface area is 85.1 Å². The molecule has 1 N–H and O–H groups in total. The fourth-order valence-electron chi connectivity index (χ4n) is 3.64. The van der Waals surface area contributed by atoms with Crippen LogP contribution in [0.5, 0.6) is 0 Å². The fraction of sp³-hybridized carbons (Fsp3) is 1.00. The third kappa shape index (κ3) is 1.09. The van der Waals surface area contributed by atoms with Crippen molar-refractivity contribution in [1.82, 2.24) is 5.32 Å². The van der Waals surface area contributed by atoms with E-state index in [0.29, 0.717) is 17.9 Å². The molecule has 1 saturated heterocycles. The van der Waals surface area contributed by atoms with Gasteiger partial charge in [0.05, 0.1) is 13.2 Å². The maximum Gasteiger partial charge on any atom is 0.174 e. The highest BCUT2D eigenvalue weighted by atomic mass is 16.7. The van der Waals surface area contributed by atoms with E-state index in [1.165, 1.54) is 25.7 Å². The zero-order valence-corrected chi connectivity index (χ0v) is 8.79. The molecule has 3 fully saturated rings. The molecule has 80 valence electrons. The van der Waals surface area contributed by atoms with Crippen LogP contribution in [0.3, 0.4) is 0 Å². The van der Waals surface area contributed by atoms with Gasteiger partial charge in [0.15, 0.2) is 5.79 Å². The van der Waals surface area contributed by atoms with E-state index in [1.807, 2.05) is 0 Å². The molecule has 3 atom stereocenters. The highest BCUT2D eigenvalue weighted by Crippen LogP contribution is 2.53. The Morgan fingerprint density at radius 1 is 1.07 bits per heavy atom. The van der Waals surface area contributed by atoms with Crippen LogP contribution in [0.2, 0.25) is 0 Å². The molecule has 1 aliphatic heterocycles. The number of rotatable bonds is 1. The van der Waals surface area contributed by atoms with Crippen molar-refractivity contribution < 1.29 is 9.47 Å². The molecule has 1 unspecified atom stereocenters. The zero-order valence-electron chi connectivity index (χ0n) is 8.79. The standard InChI is InChI=1S/C11H19NO2/c1-12-10-6-8-2-3-9(7-10)11(8)13-4-5-14-11/h8-10,12H,2-7H2,1H3/t8-,9+,10?. The third-order valence-corrected chi connectivity index (χ3v) is 4.29. The van der Waals surface area contributed by atoms with Gasteiger partial charge in [-0.15, -0.1) is 0 Å². The van der Waals surface area contributed by atoms with Crippen molar-refractivity contribution in [3.63, 3.8) is 0 Å². The molecule has 0 aromatic heterocycles. The maximum absolute atomic E-state index is 5.91. The van der Waals surface area contributed by atoms with Gasteiger partial charge in [-0.05, 0) is 32.7 Å². The summed E-state index contributed by atoms with van der Waals surface area (Å²) in [5.41, 5.74) is 0. The van der Waals surface area contributed by atoms with Crippen LogP contribution < -0.4 is 5.32 Å². The first-order valence-corrected chi connectivity index (χ1v) is 5.80. The van der Waals surface area contributed by atoms with E-state index in [9.17, 15) is 0 Å². The molecule has 2 bridgehead atoms. The summed E-state index contributed by atoms with van der Waals surface area (Å²) < 4.78 is 11.8. The second-order valence-corrected chi connectivity index (χ2v) is 4.85. The average Bonchev–Trinajstić information content (AvgIpc) is 2.73. The molecule has 3 rings (SSSR count). The average molecular weight is 197 g/mol. The summed E-state index contributed by atoms with van der Waals surface area (Å²) >= 11 is 0. The first kappa shape index (κ1) is 9.13. The highest BCUT2D eigenvalue weighted by Gasteiger charge is 2.57. The van der Waals surface area contributed by atoms with Gasteiger partial charge in [-0.3, -0.25) is 0 Å². The molecule has 0 aromatic rings. The van der Waals surface area contributed by atoms with Gasteiger partial charge in [-0.25, -0.2) is 0 Å². The van der Waals surface area contributed by atoms with Crippen molar-refractivity contribution in [2.45, 2.75) is 37.5 Å². The van der Waals surface area contributed by atoms with Crippen molar-refractivity contribution >= 4 is 0 Å². The van der Waals surface area contributed by atoms with Crippen molar-refractivity contribution in [3.05, 3.63) is 0 Å². The van der Waals surface area contributed by atoms with Crippen molar-refractivity contribution in [2.24, 2.45) is 11.8 Å². The maximum atomic E-state index is 5.91. The van der Waals surface area contributed by atoms with Gasteiger partial charge < -0.3 is 14.8 Å². The third-order valence-electron chi connectivity index (χ3n) is 4.29. The molecule has 3 heteroatoms. The van der Waals surface area contributed by atoms with Gasteiger partial charge >= 0.3 is 0 Å². The Balaban J connectivity index is 1.83. The van der Waals surface area contributed by atoms with Gasteiger partial charge in [-0.1, -0.05) is 0 Å². The SMILES string of the molecule is CNC1C[C@H]2CC[C@@H](C1)C21OCCO1. The van der Waals surface area contributed by atoms with E-state index >= 15 is 0 Å². The Kier molecular flexibility index (Phi) is 2.08. The molecule has 2 saturated carbocycles. The molecular formula is C11H19NO2. The predicted molar refractivity (Wildman–Crippen MR) is 52.9 cm³/mol. The lowest BCUT2D eigenvalue weighted by molar-refractivity contribution is -0.225. The van der Waals surface area contributed by atoms with E-state index in [0.717, 1.165) is 13.2 Å². The van der Waals surface area contributed by atoms with Crippen LogP contribution in [-0.4, -0.2) is 32.1 Å². The summed E-state index contributed by atoms with van der Waals surface area (Å²) in [6, 6.07) is 0.686. The first-order chi connectivity index (χ1) is 6.85. The molecular weight excluding hydrogens is 178 g/mol. The van der Waals surface area contributed by atoms with Crippen molar-refractivity contribution in [2.75, 3.05) is 20.3 Å². The normalized spacial score (nSPS) is 44.8. The monoisotopic (exact) mass is 197 g/mol. The Morgan fingerprint density at radius 3 is 2.14 bits per heavy atom. The van der Waals surface area contributed by atoms with Gasteiger partial charge in [-0.2, -0.15) is 0 Å². The van der Waals surface area contributed by atoms with Crippen LogP contribution in [0, 0.1) is 11.8 Å². The van der Waals surface area contributed by atoms with Crippen LogP contribution in [0.25, 0.3) is 0 Å². The molecule has 0 radical (unpaired) electrons. The van der Waals surface area contributed by atoms with E-state index in [1.54, 1.807) is 0 Å². The molecule has 0 aromatic carbocycles. The van der Waals surface area contributed by atoms with Crippen LogP contribution in [0.1, 0.15) is 25.7 Å². The lowest BCUT2D eigenvalue weighted by Crippen LogP contribution is -2.50. The van der Waals surface area contributed by atoms with Crippen LogP contribution >= 0.6 is 0 Å². The van der Waals surface area contributed by atoms with E-state index in [4.69, 9.17) is 9.47 Å². The molecule has 0 amide bonds. The smallest absolute Gasteiger partial charge is 0.174 e. The minimum Gasteiger partial charge on any atom is -0.347 e. The molecule has 1 heterocycles. The number of hydrogen-bond acceptors (Lipinski definition) is 3. The van der Waals surface area contributed by atoms with Gasteiger partial charge in [0.25, 0.3) is 0 Å². The van der Waals surface area contributed by atoms with Gasteiger partial charge in [0.1, 0.15) is 0 Å². The van der Waals surface area contributed by atoms with Crippen molar-refractivity contribution in [3.8, 4) is 0 Å². The van der Waals surface area contributed by atoms with Crippen LogP contribution in [0.4, 0.5) is 0 Å². The molecule has 2 aliphatic carbocycles. The lowest BCUT2D eigenvalue weighted by Gasteiger charge is -2.42. The van der Waals surface area contributed by atoms with E-state index in [-0.39, 0.29) is 5.79 Å². The Hall–Kier alpha value is -0.120. The molecule has 3 aliphatic rings. The zero-order chi connectivity index (χ0) is 9.60.